The van der Waals surface area contributed by atoms with Gasteiger partial charge in [0.15, 0.2) is 0 Å². The monoisotopic (exact) mass is 268 g/mol. The summed E-state index contributed by atoms with van der Waals surface area (Å²) in [6.07, 6.45) is 2.68. The summed E-state index contributed by atoms with van der Waals surface area (Å²) < 4.78 is 0. The number of likely N-dealkylation sites (N-methyl/N-ethyl adjacent to an activating group) is 1. The number of nitrogens with zero attached hydrogens (tertiary/aromatic N) is 2. The van der Waals surface area contributed by atoms with Crippen molar-refractivity contribution in [2.75, 3.05) is 26.2 Å². The van der Waals surface area contributed by atoms with Crippen molar-refractivity contribution in [1.29, 1.82) is 0 Å². The van der Waals surface area contributed by atoms with Crippen LogP contribution in [0.15, 0.2) is 12.2 Å². The SMILES string of the molecule is C=C(C)CN(CC)C(=O)CN1CCCC1CC(C)O. The summed E-state index contributed by atoms with van der Waals surface area (Å²) in [4.78, 5) is 16.3. The zero-order chi connectivity index (χ0) is 14.4. The fourth-order valence-electron chi connectivity index (χ4n) is 2.74. The molecule has 1 heterocycles. The smallest absolute Gasteiger partial charge is 0.237 e. The van der Waals surface area contributed by atoms with E-state index in [9.17, 15) is 9.90 Å². The van der Waals surface area contributed by atoms with E-state index in [0.29, 0.717) is 19.1 Å². The zero-order valence-corrected chi connectivity index (χ0v) is 12.6. The average molecular weight is 268 g/mol. The van der Waals surface area contributed by atoms with Crippen molar-refractivity contribution in [2.24, 2.45) is 0 Å². The fraction of sp³-hybridized carbons (Fsp3) is 0.800. The molecule has 0 aliphatic carbocycles. The van der Waals surface area contributed by atoms with Crippen molar-refractivity contribution in [3.05, 3.63) is 12.2 Å². The molecule has 1 amide bonds. The first-order valence-corrected chi connectivity index (χ1v) is 7.28. The van der Waals surface area contributed by atoms with E-state index >= 15 is 0 Å². The second-order valence-electron chi connectivity index (χ2n) is 5.72. The van der Waals surface area contributed by atoms with Gasteiger partial charge in [-0.25, -0.2) is 0 Å². The Balaban J connectivity index is 2.52. The van der Waals surface area contributed by atoms with E-state index in [1.54, 1.807) is 0 Å². The Hall–Kier alpha value is -0.870. The van der Waals surface area contributed by atoms with Gasteiger partial charge in [-0.15, -0.1) is 0 Å². The van der Waals surface area contributed by atoms with Crippen LogP contribution >= 0.6 is 0 Å². The zero-order valence-electron chi connectivity index (χ0n) is 12.6. The largest absolute Gasteiger partial charge is 0.393 e. The Labute approximate surface area is 117 Å². The van der Waals surface area contributed by atoms with Crippen molar-refractivity contribution in [2.45, 2.75) is 52.2 Å². The molecule has 0 radical (unpaired) electrons. The quantitative estimate of drug-likeness (QED) is 0.714. The van der Waals surface area contributed by atoms with Gasteiger partial charge in [-0.1, -0.05) is 12.2 Å². The molecule has 0 aromatic heterocycles. The molecule has 1 saturated heterocycles. The molecule has 4 heteroatoms. The van der Waals surface area contributed by atoms with Crippen molar-refractivity contribution in [3.8, 4) is 0 Å². The van der Waals surface area contributed by atoms with Crippen LogP contribution in [0.4, 0.5) is 0 Å². The maximum absolute atomic E-state index is 12.3. The lowest BCUT2D eigenvalue weighted by molar-refractivity contribution is -0.132. The molecule has 110 valence electrons. The maximum Gasteiger partial charge on any atom is 0.237 e. The van der Waals surface area contributed by atoms with E-state index in [0.717, 1.165) is 37.9 Å². The summed E-state index contributed by atoms with van der Waals surface area (Å²) in [5.74, 6) is 0.169. The van der Waals surface area contributed by atoms with Crippen molar-refractivity contribution < 1.29 is 9.90 Å². The third-order valence-corrected chi connectivity index (χ3v) is 3.65. The minimum absolute atomic E-state index is 0.169. The van der Waals surface area contributed by atoms with Crippen molar-refractivity contribution >= 4 is 5.91 Å². The Kier molecular flexibility index (Phi) is 6.52. The lowest BCUT2D eigenvalue weighted by Crippen LogP contribution is -2.43. The third-order valence-electron chi connectivity index (χ3n) is 3.65. The summed E-state index contributed by atoms with van der Waals surface area (Å²) in [5.41, 5.74) is 1.01. The normalized spacial score (nSPS) is 21.4. The molecule has 0 aromatic carbocycles. The number of hydrogen-bond donors (Lipinski definition) is 1. The van der Waals surface area contributed by atoms with Gasteiger partial charge in [0.2, 0.25) is 5.91 Å². The predicted octanol–water partition coefficient (Wildman–Crippen LogP) is 1.65. The summed E-state index contributed by atoms with van der Waals surface area (Å²) in [7, 11) is 0. The third kappa shape index (κ3) is 5.33. The van der Waals surface area contributed by atoms with Crippen LogP contribution in [0.3, 0.4) is 0 Å². The van der Waals surface area contributed by atoms with Crippen LogP contribution in [0, 0.1) is 0 Å². The molecule has 1 aliphatic heterocycles. The molecule has 0 saturated carbocycles. The van der Waals surface area contributed by atoms with Gasteiger partial charge in [-0.3, -0.25) is 9.69 Å². The highest BCUT2D eigenvalue weighted by atomic mass is 16.3. The second kappa shape index (κ2) is 7.65. The first kappa shape index (κ1) is 16.2. The molecule has 0 aromatic rings. The average Bonchev–Trinajstić information content (AvgIpc) is 2.72. The summed E-state index contributed by atoms with van der Waals surface area (Å²) in [5, 5.41) is 9.51. The number of aliphatic hydroxyl groups excluding tert-OH is 1. The number of carbonyl (C=O) groups excluding carboxylic acids is 1. The highest BCUT2D eigenvalue weighted by Gasteiger charge is 2.28. The molecule has 0 bridgehead atoms. The molecular formula is C15H28N2O2. The number of likely N-dealkylation sites (tertiary alicyclic amines) is 1. The van der Waals surface area contributed by atoms with Crippen LogP contribution in [-0.4, -0.2) is 59.1 Å². The number of aliphatic hydroxyl groups is 1. The van der Waals surface area contributed by atoms with E-state index in [2.05, 4.69) is 11.5 Å². The molecule has 1 rings (SSSR count). The van der Waals surface area contributed by atoms with E-state index in [-0.39, 0.29) is 12.0 Å². The first-order chi connectivity index (χ1) is 8.93. The van der Waals surface area contributed by atoms with E-state index in [4.69, 9.17) is 0 Å². The van der Waals surface area contributed by atoms with Gasteiger partial charge in [0, 0.05) is 19.1 Å². The Morgan fingerprint density at radius 3 is 2.79 bits per heavy atom. The van der Waals surface area contributed by atoms with E-state index in [1.165, 1.54) is 0 Å². The van der Waals surface area contributed by atoms with Gasteiger partial charge < -0.3 is 10.0 Å². The lowest BCUT2D eigenvalue weighted by atomic mass is 10.1. The topological polar surface area (TPSA) is 43.8 Å². The van der Waals surface area contributed by atoms with Crippen LogP contribution < -0.4 is 0 Å². The molecule has 0 spiro atoms. The number of rotatable bonds is 7. The van der Waals surface area contributed by atoms with Gasteiger partial charge in [-0.2, -0.15) is 0 Å². The Morgan fingerprint density at radius 2 is 2.26 bits per heavy atom. The number of amides is 1. The van der Waals surface area contributed by atoms with Gasteiger partial charge in [0.1, 0.15) is 0 Å². The summed E-state index contributed by atoms with van der Waals surface area (Å²) in [6, 6.07) is 0.354. The fourth-order valence-corrected chi connectivity index (χ4v) is 2.74. The summed E-state index contributed by atoms with van der Waals surface area (Å²) >= 11 is 0. The minimum Gasteiger partial charge on any atom is -0.393 e. The van der Waals surface area contributed by atoms with E-state index < -0.39 is 0 Å². The van der Waals surface area contributed by atoms with Crippen LogP contribution in [0.1, 0.15) is 40.0 Å². The van der Waals surface area contributed by atoms with Gasteiger partial charge in [0.05, 0.1) is 12.6 Å². The molecular weight excluding hydrogens is 240 g/mol. The molecule has 2 unspecified atom stereocenters. The number of carbonyl (C=O) groups is 1. The lowest BCUT2D eigenvalue weighted by Gasteiger charge is -2.28. The van der Waals surface area contributed by atoms with Crippen LogP contribution in [0.25, 0.3) is 0 Å². The van der Waals surface area contributed by atoms with Crippen molar-refractivity contribution in [1.82, 2.24) is 9.80 Å². The van der Waals surface area contributed by atoms with E-state index in [1.807, 2.05) is 25.7 Å². The molecule has 4 nitrogen and oxygen atoms in total. The highest BCUT2D eigenvalue weighted by molar-refractivity contribution is 5.78. The van der Waals surface area contributed by atoms with Crippen LogP contribution in [0.2, 0.25) is 0 Å². The summed E-state index contributed by atoms with van der Waals surface area (Å²) in [6.45, 7) is 12.4. The number of hydrogen-bond acceptors (Lipinski definition) is 3. The van der Waals surface area contributed by atoms with Crippen LogP contribution in [-0.2, 0) is 4.79 Å². The van der Waals surface area contributed by atoms with Crippen LogP contribution in [0.5, 0.6) is 0 Å². The Bertz CT molecular complexity index is 315. The first-order valence-electron chi connectivity index (χ1n) is 7.28. The standard InChI is InChI=1S/C15H28N2O2/c1-5-16(10-12(2)3)15(19)11-17-8-6-7-14(17)9-13(4)18/h13-14,18H,2,5-11H2,1,3-4H3. The molecule has 1 N–H and O–H groups in total. The van der Waals surface area contributed by atoms with Gasteiger partial charge in [-0.05, 0) is 46.6 Å². The second-order valence-corrected chi connectivity index (χ2v) is 5.72. The molecule has 1 fully saturated rings. The predicted molar refractivity (Wildman–Crippen MR) is 78.0 cm³/mol. The molecule has 1 aliphatic rings. The molecule has 19 heavy (non-hydrogen) atoms. The van der Waals surface area contributed by atoms with Gasteiger partial charge in [0.25, 0.3) is 0 Å². The minimum atomic E-state index is -0.293. The molecule has 2 atom stereocenters. The van der Waals surface area contributed by atoms with Crippen molar-refractivity contribution in [3.63, 3.8) is 0 Å². The van der Waals surface area contributed by atoms with Gasteiger partial charge >= 0.3 is 0 Å². The Morgan fingerprint density at radius 1 is 1.58 bits per heavy atom. The highest BCUT2D eigenvalue weighted by Crippen LogP contribution is 2.21. The maximum atomic E-state index is 12.3.